The molecule has 3 rings (SSSR count). The van der Waals surface area contributed by atoms with Gasteiger partial charge in [-0.1, -0.05) is 24.3 Å². The van der Waals surface area contributed by atoms with Crippen LogP contribution in [-0.2, 0) is 14.8 Å². The molecule has 0 aliphatic carbocycles. The van der Waals surface area contributed by atoms with Crippen LogP contribution in [-0.4, -0.2) is 62.1 Å². The molecule has 0 unspecified atom stereocenters. The third-order valence-electron chi connectivity index (χ3n) is 4.57. The van der Waals surface area contributed by atoms with Gasteiger partial charge in [0.1, 0.15) is 11.4 Å². The minimum Gasteiger partial charge on any atom is -0.444 e. The van der Waals surface area contributed by atoms with E-state index in [1.807, 2.05) is 0 Å². The lowest BCUT2D eigenvalue weighted by molar-refractivity contribution is -0.0488. The summed E-state index contributed by atoms with van der Waals surface area (Å²) in [5.41, 5.74) is -0.638. The molecule has 1 saturated heterocycles. The second-order valence-electron chi connectivity index (χ2n) is 7.86. The van der Waals surface area contributed by atoms with Gasteiger partial charge in [-0.25, -0.2) is 13.2 Å². The number of hydrogen-bond donors (Lipinski definition) is 0. The van der Waals surface area contributed by atoms with Crippen molar-refractivity contribution in [2.45, 2.75) is 37.9 Å². The Labute approximate surface area is 174 Å². The van der Waals surface area contributed by atoms with Crippen molar-refractivity contribution >= 4 is 26.9 Å². The van der Waals surface area contributed by atoms with Crippen LogP contribution in [0.3, 0.4) is 0 Å². The van der Waals surface area contributed by atoms with Crippen LogP contribution in [0.2, 0.25) is 0 Å². The van der Waals surface area contributed by atoms with E-state index in [2.05, 4.69) is 4.74 Å². The minimum absolute atomic E-state index is 0.00503. The summed E-state index contributed by atoms with van der Waals surface area (Å²) in [5, 5.41) is 0.580. The van der Waals surface area contributed by atoms with E-state index in [4.69, 9.17) is 4.74 Å². The van der Waals surface area contributed by atoms with Crippen molar-refractivity contribution in [3.05, 3.63) is 36.4 Å². The highest BCUT2D eigenvalue weighted by atomic mass is 32.2. The van der Waals surface area contributed by atoms with Crippen molar-refractivity contribution in [2.75, 3.05) is 26.2 Å². The molecule has 1 fully saturated rings. The lowest BCUT2D eigenvalue weighted by Crippen LogP contribution is -2.51. The van der Waals surface area contributed by atoms with Gasteiger partial charge in [-0.2, -0.15) is 13.1 Å². The normalized spacial score (nSPS) is 16.1. The summed E-state index contributed by atoms with van der Waals surface area (Å²) in [6, 6.07) is 8.85. The van der Waals surface area contributed by atoms with Gasteiger partial charge >= 0.3 is 12.7 Å². The number of benzene rings is 2. The summed E-state index contributed by atoms with van der Waals surface area (Å²) in [6.07, 6.45) is -0.488. The van der Waals surface area contributed by atoms with Gasteiger partial charge in [0, 0.05) is 37.0 Å². The summed E-state index contributed by atoms with van der Waals surface area (Å²) in [6.45, 7) is 2.86. The van der Waals surface area contributed by atoms with Gasteiger partial charge in [0.2, 0.25) is 10.0 Å². The van der Waals surface area contributed by atoms with Gasteiger partial charge in [0.15, 0.2) is 0 Å². The Hall–Kier alpha value is -2.46. The van der Waals surface area contributed by atoms with Crippen LogP contribution in [0.1, 0.15) is 20.8 Å². The molecular weight excluding hydrogens is 418 g/mol. The Balaban J connectivity index is 1.83. The number of hydrogen-bond acceptors (Lipinski definition) is 5. The van der Waals surface area contributed by atoms with Gasteiger partial charge in [-0.05, 0) is 32.9 Å². The van der Waals surface area contributed by atoms with Gasteiger partial charge in [0.05, 0.1) is 4.90 Å². The molecule has 10 heteroatoms. The predicted octanol–water partition coefficient (Wildman–Crippen LogP) is 3.68. The highest BCUT2D eigenvalue weighted by molar-refractivity contribution is 7.89. The number of amides is 1. The van der Waals surface area contributed by atoms with E-state index >= 15 is 0 Å². The molecule has 0 aromatic heterocycles. The highest BCUT2D eigenvalue weighted by Gasteiger charge is 2.33. The maximum absolute atomic E-state index is 13.2. The summed E-state index contributed by atoms with van der Waals surface area (Å²) in [5.74, 6) is -0.0886. The number of rotatable bonds is 4. The number of ether oxygens (including phenoxy) is 2. The third-order valence-corrected chi connectivity index (χ3v) is 6.52. The molecule has 2 aromatic rings. The van der Waals surface area contributed by atoms with Gasteiger partial charge in [-0.15, -0.1) is 0 Å². The van der Waals surface area contributed by atoms with Crippen LogP contribution in [0.15, 0.2) is 41.3 Å². The molecule has 30 heavy (non-hydrogen) atoms. The predicted molar refractivity (Wildman–Crippen MR) is 107 cm³/mol. The van der Waals surface area contributed by atoms with Crippen molar-refractivity contribution < 1.29 is 31.5 Å². The van der Waals surface area contributed by atoms with Crippen LogP contribution in [0, 0.1) is 0 Å². The first-order valence-corrected chi connectivity index (χ1v) is 10.9. The first-order chi connectivity index (χ1) is 14.0. The second-order valence-corrected chi connectivity index (χ2v) is 9.76. The smallest absolute Gasteiger partial charge is 0.410 e. The van der Waals surface area contributed by atoms with Crippen LogP contribution in [0.4, 0.5) is 13.6 Å². The summed E-state index contributed by atoms with van der Waals surface area (Å²) >= 11 is 0. The number of nitrogens with zero attached hydrogens (tertiary/aromatic N) is 2. The highest BCUT2D eigenvalue weighted by Crippen LogP contribution is 2.32. The molecule has 1 aliphatic heterocycles. The number of piperazine rings is 1. The Kier molecular flexibility index (Phi) is 6.19. The maximum Gasteiger partial charge on any atom is 0.410 e. The molecular formula is C20H24F2N2O5S. The largest absolute Gasteiger partial charge is 0.444 e. The lowest BCUT2D eigenvalue weighted by atomic mass is 10.1. The number of carbonyl (C=O) groups excluding carboxylic acids is 1. The Bertz CT molecular complexity index is 1030. The van der Waals surface area contributed by atoms with E-state index in [0.29, 0.717) is 5.39 Å². The molecule has 164 valence electrons. The molecule has 0 spiro atoms. The molecule has 1 heterocycles. The third kappa shape index (κ3) is 4.81. The van der Waals surface area contributed by atoms with E-state index in [0.717, 1.165) is 0 Å². The van der Waals surface area contributed by atoms with Crippen molar-refractivity contribution in [3.63, 3.8) is 0 Å². The van der Waals surface area contributed by atoms with E-state index < -0.39 is 28.3 Å². The Morgan fingerprint density at radius 1 is 1.00 bits per heavy atom. The van der Waals surface area contributed by atoms with E-state index in [9.17, 15) is 22.0 Å². The SMILES string of the molecule is CC(C)(C)OC(=O)N1CCN(S(=O)(=O)c2cccc3c(OC(F)F)cccc23)CC1. The van der Waals surface area contributed by atoms with Crippen molar-refractivity contribution in [1.82, 2.24) is 9.21 Å². The van der Waals surface area contributed by atoms with Crippen LogP contribution >= 0.6 is 0 Å². The van der Waals surface area contributed by atoms with Crippen LogP contribution in [0.5, 0.6) is 5.75 Å². The second kappa shape index (κ2) is 8.35. The fourth-order valence-electron chi connectivity index (χ4n) is 3.25. The molecule has 0 N–H and O–H groups in total. The Morgan fingerprint density at radius 3 is 2.20 bits per heavy atom. The molecule has 0 bridgehead atoms. The fourth-order valence-corrected chi connectivity index (χ4v) is 4.88. The zero-order valence-corrected chi connectivity index (χ0v) is 17.8. The zero-order chi connectivity index (χ0) is 22.1. The topological polar surface area (TPSA) is 76.2 Å². The molecule has 2 aromatic carbocycles. The summed E-state index contributed by atoms with van der Waals surface area (Å²) < 4.78 is 63.0. The Morgan fingerprint density at radius 2 is 1.60 bits per heavy atom. The molecule has 0 saturated carbocycles. The van der Waals surface area contributed by atoms with Crippen LogP contribution < -0.4 is 4.74 Å². The summed E-state index contributed by atoms with van der Waals surface area (Å²) in [4.78, 5) is 13.7. The molecule has 1 aliphatic rings. The maximum atomic E-state index is 13.2. The van der Waals surface area contributed by atoms with E-state index in [1.54, 1.807) is 26.8 Å². The quantitative estimate of drug-likeness (QED) is 0.722. The summed E-state index contributed by atoms with van der Waals surface area (Å²) in [7, 11) is -3.91. The number of carbonyl (C=O) groups is 1. The number of fused-ring (bicyclic) bond motifs is 1. The molecule has 0 atom stereocenters. The van der Waals surface area contributed by atoms with Crippen molar-refractivity contribution in [1.29, 1.82) is 0 Å². The molecule has 7 nitrogen and oxygen atoms in total. The van der Waals surface area contributed by atoms with Crippen LogP contribution in [0.25, 0.3) is 10.8 Å². The number of sulfonamides is 1. The molecule has 1 amide bonds. The van der Waals surface area contributed by atoms with E-state index in [-0.39, 0.29) is 42.2 Å². The van der Waals surface area contributed by atoms with Gasteiger partial charge in [-0.3, -0.25) is 0 Å². The minimum atomic E-state index is -3.91. The molecule has 0 radical (unpaired) electrons. The monoisotopic (exact) mass is 442 g/mol. The number of alkyl halides is 2. The average Bonchev–Trinajstić information content (AvgIpc) is 2.66. The fraction of sp³-hybridized carbons (Fsp3) is 0.450. The van der Waals surface area contributed by atoms with Crippen molar-refractivity contribution in [3.8, 4) is 5.75 Å². The van der Waals surface area contributed by atoms with Gasteiger partial charge < -0.3 is 14.4 Å². The average molecular weight is 442 g/mol. The number of halogens is 2. The first kappa shape index (κ1) is 22.2. The lowest BCUT2D eigenvalue weighted by Gasteiger charge is -2.35. The zero-order valence-electron chi connectivity index (χ0n) is 17.0. The standard InChI is InChI=1S/C20H24F2N2O5S/c1-20(2,3)29-19(25)23-10-12-24(13-11-23)30(26,27)17-9-5-6-14-15(17)7-4-8-16(14)28-18(21)22/h4-9,18H,10-13H2,1-3H3. The van der Waals surface area contributed by atoms with Crippen molar-refractivity contribution in [2.24, 2.45) is 0 Å². The van der Waals surface area contributed by atoms with Gasteiger partial charge in [0.25, 0.3) is 0 Å². The first-order valence-electron chi connectivity index (χ1n) is 9.44. The van der Waals surface area contributed by atoms with E-state index in [1.165, 1.54) is 39.5 Å².